The molecule has 0 aliphatic carbocycles. The van der Waals surface area contributed by atoms with E-state index >= 15 is 0 Å². The molecule has 0 aromatic rings. The summed E-state index contributed by atoms with van der Waals surface area (Å²) in [5, 5.41) is 0. The minimum absolute atomic E-state index is 0.216. The van der Waals surface area contributed by atoms with Crippen LogP contribution in [0.2, 0.25) is 6.04 Å². The average molecular weight is 444 g/mol. The summed E-state index contributed by atoms with van der Waals surface area (Å²) in [7, 11) is 2.37. The smallest absolute Gasteiger partial charge is 0.377 e. The number of hydrogen-bond donors (Lipinski definition) is 1. The first kappa shape index (κ1) is 29.3. The summed E-state index contributed by atoms with van der Waals surface area (Å²) in [5.41, 5.74) is 5.22. The van der Waals surface area contributed by atoms with Crippen molar-refractivity contribution in [1.29, 1.82) is 0 Å². The maximum atomic E-state index is 12.0. The number of carbonyl (C=O) groups is 1. The molecule has 1 amide bonds. The van der Waals surface area contributed by atoms with Crippen LogP contribution in [0.4, 0.5) is 0 Å². The van der Waals surface area contributed by atoms with E-state index < -0.39 is 14.2 Å². The lowest BCUT2D eigenvalue weighted by Gasteiger charge is -2.32. The first-order valence-electron chi connectivity index (χ1n) is 11.9. The minimum atomic E-state index is -2.56. The van der Waals surface area contributed by atoms with Gasteiger partial charge in [0.1, 0.15) is 0 Å². The molecule has 6 heteroatoms. The van der Waals surface area contributed by atoms with E-state index in [2.05, 4.69) is 19.1 Å². The second-order valence-corrected chi connectivity index (χ2v) is 12.0. The molecule has 0 saturated heterocycles. The molecule has 0 fully saturated rings. The van der Waals surface area contributed by atoms with Crippen LogP contribution in [-0.2, 0) is 18.1 Å². The molecule has 0 aliphatic rings. The summed E-state index contributed by atoms with van der Waals surface area (Å²) in [5.74, 6) is 0.0496. The summed E-state index contributed by atoms with van der Waals surface area (Å²) in [6.45, 7) is 6.21. The van der Waals surface area contributed by atoms with Gasteiger partial charge in [-0.05, 0) is 50.9 Å². The van der Waals surface area contributed by atoms with E-state index in [-0.39, 0.29) is 11.8 Å². The van der Waals surface area contributed by atoms with Crippen molar-refractivity contribution in [3.8, 4) is 0 Å². The Morgan fingerprint density at radius 3 is 1.83 bits per heavy atom. The van der Waals surface area contributed by atoms with Crippen LogP contribution in [0.5, 0.6) is 0 Å². The fourth-order valence-corrected chi connectivity index (χ4v) is 5.69. The number of unbranched alkanes of at least 4 members (excludes halogenated alkanes) is 7. The second-order valence-electron chi connectivity index (χ2n) is 8.93. The van der Waals surface area contributed by atoms with E-state index in [0.717, 1.165) is 38.1 Å². The van der Waals surface area contributed by atoms with Crippen molar-refractivity contribution in [3.63, 3.8) is 0 Å². The first-order valence-corrected chi connectivity index (χ1v) is 13.8. The SMILES string of the molecule is CCCCCCC=CCCCCCC(CCC[Si](OC)(OC)OC)C(C)(C)C(N)=O. The van der Waals surface area contributed by atoms with Crippen LogP contribution in [0.3, 0.4) is 0 Å². The number of allylic oxidation sites excluding steroid dienone is 2. The Hall–Kier alpha value is -0.693. The average Bonchev–Trinajstić information content (AvgIpc) is 2.73. The summed E-state index contributed by atoms with van der Waals surface area (Å²) in [4.78, 5) is 12.0. The standard InChI is InChI=1S/C24H49NO4Si/c1-7-8-9-10-11-12-13-14-15-16-17-19-22(24(2,3)23(25)26)20-18-21-30(27-4,28-5)29-6/h12-13,22H,7-11,14-21H2,1-6H3,(H2,25,26). The molecule has 0 rings (SSSR count). The predicted molar refractivity (Wildman–Crippen MR) is 128 cm³/mol. The molecule has 1 unspecified atom stereocenters. The minimum Gasteiger partial charge on any atom is -0.377 e. The molecular formula is C24H49NO4Si. The molecule has 0 radical (unpaired) electrons. The molecule has 5 nitrogen and oxygen atoms in total. The fraction of sp³-hybridized carbons (Fsp3) is 0.875. The Bertz CT molecular complexity index is 456. The van der Waals surface area contributed by atoms with Gasteiger partial charge in [0.15, 0.2) is 0 Å². The Kier molecular flexibility index (Phi) is 16.5. The Balaban J connectivity index is 4.36. The zero-order valence-electron chi connectivity index (χ0n) is 20.6. The lowest BCUT2D eigenvalue weighted by atomic mass is 9.73. The zero-order chi connectivity index (χ0) is 22.9. The van der Waals surface area contributed by atoms with Crippen molar-refractivity contribution < 1.29 is 18.1 Å². The zero-order valence-corrected chi connectivity index (χ0v) is 21.6. The van der Waals surface area contributed by atoms with Gasteiger partial charge in [-0.25, -0.2) is 0 Å². The quantitative estimate of drug-likeness (QED) is 0.137. The lowest BCUT2D eigenvalue weighted by molar-refractivity contribution is -0.129. The molecule has 178 valence electrons. The molecule has 0 aliphatic heterocycles. The Morgan fingerprint density at radius 2 is 1.37 bits per heavy atom. The van der Waals surface area contributed by atoms with Gasteiger partial charge in [-0.1, -0.05) is 65.0 Å². The van der Waals surface area contributed by atoms with E-state index in [0.29, 0.717) is 0 Å². The normalized spacial score (nSPS) is 13.8. The van der Waals surface area contributed by atoms with Crippen molar-refractivity contribution in [3.05, 3.63) is 12.2 Å². The topological polar surface area (TPSA) is 70.8 Å². The van der Waals surface area contributed by atoms with Gasteiger partial charge in [0.05, 0.1) is 0 Å². The maximum Gasteiger partial charge on any atom is 0.500 e. The largest absolute Gasteiger partial charge is 0.500 e. The number of rotatable bonds is 20. The van der Waals surface area contributed by atoms with Crippen molar-refractivity contribution >= 4 is 14.7 Å². The van der Waals surface area contributed by atoms with Gasteiger partial charge in [0.2, 0.25) is 5.91 Å². The maximum absolute atomic E-state index is 12.0. The highest BCUT2D eigenvalue weighted by atomic mass is 28.4. The molecule has 0 saturated carbocycles. The van der Waals surface area contributed by atoms with Crippen molar-refractivity contribution in [2.24, 2.45) is 17.1 Å². The number of hydrogen-bond acceptors (Lipinski definition) is 4. The van der Waals surface area contributed by atoms with Crippen LogP contribution < -0.4 is 5.73 Å². The highest BCUT2D eigenvalue weighted by molar-refractivity contribution is 6.60. The van der Waals surface area contributed by atoms with Crippen LogP contribution in [0.1, 0.15) is 97.8 Å². The third kappa shape index (κ3) is 11.6. The van der Waals surface area contributed by atoms with Crippen LogP contribution in [-0.4, -0.2) is 36.0 Å². The molecule has 0 aromatic heterocycles. The molecular weight excluding hydrogens is 394 g/mol. The molecule has 0 heterocycles. The van der Waals surface area contributed by atoms with E-state index in [4.69, 9.17) is 19.0 Å². The van der Waals surface area contributed by atoms with Gasteiger partial charge in [-0.3, -0.25) is 4.79 Å². The van der Waals surface area contributed by atoms with Crippen LogP contribution in [0.25, 0.3) is 0 Å². The van der Waals surface area contributed by atoms with E-state index in [1.165, 1.54) is 44.9 Å². The van der Waals surface area contributed by atoms with Crippen molar-refractivity contribution in [2.75, 3.05) is 21.3 Å². The van der Waals surface area contributed by atoms with E-state index in [1.807, 2.05) is 13.8 Å². The van der Waals surface area contributed by atoms with Gasteiger partial charge >= 0.3 is 8.80 Å². The lowest BCUT2D eigenvalue weighted by Crippen LogP contribution is -2.43. The Labute approximate surface area is 187 Å². The summed E-state index contributed by atoms with van der Waals surface area (Å²) < 4.78 is 16.6. The number of primary amides is 1. The van der Waals surface area contributed by atoms with Crippen LogP contribution in [0, 0.1) is 11.3 Å². The second kappa shape index (κ2) is 16.9. The van der Waals surface area contributed by atoms with Crippen LogP contribution >= 0.6 is 0 Å². The molecule has 2 N–H and O–H groups in total. The molecule has 1 atom stereocenters. The van der Waals surface area contributed by atoms with Crippen LogP contribution in [0.15, 0.2) is 12.2 Å². The highest BCUT2D eigenvalue weighted by Gasteiger charge is 2.39. The molecule has 0 aromatic carbocycles. The predicted octanol–water partition coefficient (Wildman–Crippen LogP) is 6.25. The first-order chi connectivity index (χ1) is 14.3. The fourth-order valence-electron chi connectivity index (χ4n) is 3.94. The number of nitrogens with two attached hydrogens (primary N) is 1. The van der Waals surface area contributed by atoms with Gasteiger partial charge < -0.3 is 19.0 Å². The van der Waals surface area contributed by atoms with Gasteiger partial charge in [-0.15, -0.1) is 0 Å². The summed E-state index contributed by atoms with van der Waals surface area (Å²) in [6, 6.07) is 0.755. The van der Waals surface area contributed by atoms with E-state index in [1.54, 1.807) is 21.3 Å². The molecule has 0 bridgehead atoms. The van der Waals surface area contributed by atoms with Crippen molar-refractivity contribution in [2.45, 2.75) is 104 Å². The monoisotopic (exact) mass is 443 g/mol. The molecule has 30 heavy (non-hydrogen) atoms. The Morgan fingerprint density at radius 1 is 0.867 bits per heavy atom. The van der Waals surface area contributed by atoms with E-state index in [9.17, 15) is 4.79 Å². The molecule has 0 spiro atoms. The summed E-state index contributed by atoms with van der Waals surface area (Å²) >= 11 is 0. The number of amides is 1. The highest BCUT2D eigenvalue weighted by Crippen LogP contribution is 2.35. The van der Waals surface area contributed by atoms with Gasteiger partial charge in [0.25, 0.3) is 0 Å². The third-order valence-corrected chi connectivity index (χ3v) is 9.27. The third-order valence-electron chi connectivity index (χ3n) is 6.44. The van der Waals surface area contributed by atoms with Gasteiger partial charge in [-0.2, -0.15) is 0 Å². The number of carbonyl (C=O) groups excluding carboxylic acids is 1. The summed E-state index contributed by atoms with van der Waals surface area (Å²) in [6.07, 6.45) is 18.7. The van der Waals surface area contributed by atoms with Gasteiger partial charge in [0, 0.05) is 32.8 Å². The van der Waals surface area contributed by atoms with Crippen molar-refractivity contribution in [1.82, 2.24) is 0 Å².